The number of aryl methyl sites for hydroxylation is 1. The summed E-state index contributed by atoms with van der Waals surface area (Å²) in [6.07, 6.45) is 4.70. The number of ether oxygens (including phenoxy) is 2. The van der Waals surface area contributed by atoms with Gasteiger partial charge in [0.25, 0.3) is 0 Å². The molecule has 7 heteroatoms. The van der Waals surface area contributed by atoms with Crippen LogP contribution in [0.2, 0.25) is 0 Å². The summed E-state index contributed by atoms with van der Waals surface area (Å²) >= 11 is 0. The van der Waals surface area contributed by atoms with E-state index in [0.29, 0.717) is 0 Å². The second-order valence-electron chi connectivity index (χ2n) is 8.87. The molecule has 0 spiro atoms. The number of piperazine rings is 1. The molecule has 31 heavy (non-hydrogen) atoms. The Hall–Kier alpha value is -2.30. The molecule has 3 rings (SSSR count). The Morgan fingerprint density at radius 3 is 2.32 bits per heavy atom. The number of hydrogen-bond donors (Lipinski definition) is 1. The highest BCUT2D eigenvalue weighted by atomic mass is 16.5. The lowest BCUT2D eigenvalue weighted by Gasteiger charge is -2.39. The monoisotopic (exact) mass is 428 g/mol. The molecule has 1 atom stereocenters. The highest BCUT2D eigenvalue weighted by Crippen LogP contribution is 2.31. The maximum atomic E-state index is 12.9. The zero-order chi connectivity index (χ0) is 22.4. The Kier molecular flexibility index (Phi) is 7.79. The van der Waals surface area contributed by atoms with Crippen LogP contribution in [0.3, 0.4) is 0 Å². The van der Waals surface area contributed by atoms with E-state index in [1.54, 1.807) is 14.2 Å². The van der Waals surface area contributed by atoms with E-state index < -0.39 is 5.54 Å². The van der Waals surface area contributed by atoms with Crippen LogP contribution in [0.25, 0.3) is 0 Å². The Morgan fingerprint density at radius 1 is 1.13 bits per heavy atom. The third-order valence-corrected chi connectivity index (χ3v) is 6.85. The Bertz CT molecular complexity index is 806. The predicted octanol–water partition coefficient (Wildman–Crippen LogP) is 2.86. The summed E-state index contributed by atoms with van der Waals surface area (Å²) in [4.78, 5) is 17.5. The fourth-order valence-electron chi connectivity index (χ4n) is 4.67. The third-order valence-electron chi connectivity index (χ3n) is 6.85. The second kappa shape index (κ2) is 10.3. The molecule has 1 aliphatic heterocycles. The molecule has 0 radical (unpaired) electrons. The van der Waals surface area contributed by atoms with Crippen molar-refractivity contribution < 1.29 is 14.3 Å². The summed E-state index contributed by atoms with van der Waals surface area (Å²) in [5.74, 6) is 1.48. The highest BCUT2D eigenvalue weighted by molar-refractivity contribution is 5.82. The van der Waals surface area contributed by atoms with Crippen LogP contribution in [-0.4, -0.2) is 67.7 Å². The van der Waals surface area contributed by atoms with Gasteiger partial charge < -0.3 is 14.8 Å². The van der Waals surface area contributed by atoms with Crippen LogP contribution in [0.5, 0.6) is 11.5 Å². The van der Waals surface area contributed by atoms with Crippen molar-refractivity contribution in [2.75, 3.05) is 40.4 Å². The minimum atomic E-state index is -0.670. The number of nitrogens with one attached hydrogen (secondary N) is 1. The number of hydrogen-bond acceptors (Lipinski definition) is 6. The summed E-state index contributed by atoms with van der Waals surface area (Å²) in [6, 6.07) is 6.24. The van der Waals surface area contributed by atoms with E-state index in [1.165, 1.54) is 11.1 Å². The lowest BCUT2D eigenvalue weighted by atomic mass is 9.82. The van der Waals surface area contributed by atoms with Crippen molar-refractivity contribution in [1.29, 1.82) is 5.26 Å². The SMILES string of the molecule is COc1cc(C)c(CN2CCN([C@H](C)C(=O)NC3(C#N)CCCCC3)CC2)cc1OC. The van der Waals surface area contributed by atoms with E-state index >= 15 is 0 Å². The van der Waals surface area contributed by atoms with Crippen LogP contribution >= 0.6 is 0 Å². The molecule has 7 nitrogen and oxygen atoms in total. The number of nitriles is 1. The Morgan fingerprint density at radius 2 is 1.74 bits per heavy atom. The minimum absolute atomic E-state index is 0.0207. The van der Waals surface area contributed by atoms with Gasteiger partial charge in [-0.2, -0.15) is 5.26 Å². The van der Waals surface area contributed by atoms with Crippen LogP contribution in [0, 0.1) is 18.3 Å². The lowest BCUT2D eigenvalue weighted by molar-refractivity contribution is -0.128. The zero-order valence-corrected chi connectivity index (χ0v) is 19.4. The number of carbonyl (C=O) groups is 1. The van der Waals surface area contributed by atoms with Gasteiger partial charge in [-0.3, -0.25) is 14.6 Å². The molecular formula is C24H36N4O3. The molecule has 2 fully saturated rings. The van der Waals surface area contributed by atoms with Crippen molar-refractivity contribution >= 4 is 5.91 Å². The molecule has 1 saturated heterocycles. The summed E-state index contributed by atoms with van der Waals surface area (Å²) in [6.45, 7) is 8.36. The van der Waals surface area contributed by atoms with Crippen molar-refractivity contribution in [3.05, 3.63) is 23.3 Å². The average Bonchev–Trinajstić information content (AvgIpc) is 2.80. The molecule has 1 amide bonds. The van der Waals surface area contributed by atoms with Crippen LogP contribution < -0.4 is 14.8 Å². The summed E-state index contributed by atoms with van der Waals surface area (Å²) in [7, 11) is 3.31. The Labute approximate surface area is 186 Å². The number of carbonyl (C=O) groups excluding carboxylic acids is 1. The first kappa shape index (κ1) is 23.4. The third kappa shape index (κ3) is 5.50. The van der Waals surface area contributed by atoms with Gasteiger partial charge >= 0.3 is 0 Å². The van der Waals surface area contributed by atoms with Crippen LogP contribution in [0.15, 0.2) is 12.1 Å². The predicted molar refractivity (Wildman–Crippen MR) is 120 cm³/mol. The molecular weight excluding hydrogens is 392 g/mol. The van der Waals surface area contributed by atoms with E-state index in [2.05, 4.69) is 34.2 Å². The topological polar surface area (TPSA) is 77.8 Å². The first-order chi connectivity index (χ1) is 14.9. The lowest BCUT2D eigenvalue weighted by Crippen LogP contribution is -2.58. The smallest absolute Gasteiger partial charge is 0.238 e. The van der Waals surface area contributed by atoms with Crippen molar-refractivity contribution in [2.45, 2.75) is 64.1 Å². The maximum Gasteiger partial charge on any atom is 0.238 e. The van der Waals surface area contributed by atoms with E-state index in [1.807, 2.05) is 13.0 Å². The normalized spacial score (nSPS) is 20.5. The largest absolute Gasteiger partial charge is 0.493 e. The second-order valence-corrected chi connectivity index (χ2v) is 8.87. The fourth-order valence-corrected chi connectivity index (χ4v) is 4.67. The number of benzene rings is 1. The van der Waals surface area contributed by atoms with Crippen molar-refractivity contribution in [2.24, 2.45) is 0 Å². The van der Waals surface area contributed by atoms with Crippen molar-refractivity contribution in [3.8, 4) is 17.6 Å². The average molecular weight is 429 g/mol. The molecule has 0 aromatic heterocycles. The van der Waals surface area contributed by atoms with Gasteiger partial charge in [-0.05, 0) is 49.9 Å². The van der Waals surface area contributed by atoms with Crippen molar-refractivity contribution in [1.82, 2.24) is 15.1 Å². The molecule has 1 aromatic carbocycles. The van der Waals surface area contributed by atoms with E-state index in [9.17, 15) is 10.1 Å². The molecule has 170 valence electrons. The molecule has 0 unspecified atom stereocenters. The van der Waals surface area contributed by atoms with Gasteiger partial charge in [0.05, 0.1) is 26.3 Å². The fraction of sp³-hybridized carbons (Fsp3) is 0.667. The van der Waals surface area contributed by atoms with Gasteiger partial charge in [0.15, 0.2) is 11.5 Å². The quantitative estimate of drug-likeness (QED) is 0.720. The summed E-state index contributed by atoms with van der Waals surface area (Å²) in [5.41, 5.74) is 1.74. The van der Waals surface area contributed by atoms with Gasteiger partial charge in [0.1, 0.15) is 5.54 Å². The van der Waals surface area contributed by atoms with Gasteiger partial charge in [0, 0.05) is 32.7 Å². The molecule has 0 bridgehead atoms. The number of amides is 1. The molecule has 1 heterocycles. The Balaban J connectivity index is 1.54. The summed E-state index contributed by atoms with van der Waals surface area (Å²) < 4.78 is 10.8. The van der Waals surface area contributed by atoms with Gasteiger partial charge in [-0.15, -0.1) is 0 Å². The van der Waals surface area contributed by atoms with Crippen LogP contribution in [0.1, 0.15) is 50.2 Å². The standard InChI is InChI=1S/C24H36N4O3/c1-18-14-21(30-3)22(31-4)15-20(18)16-27-10-12-28(13-11-27)19(2)23(29)26-24(17-25)8-6-5-7-9-24/h14-15,19H,5-13,16H2,1-4H3,(H,26,29)/t19-/m1/s1. The van der Waals surface area contributed by atoms with Gasteiger partial charge in [-0.1, -0.05) is 19.3 Å². The molecule has 1 aromatic rings. The maximum absolute atomic E-state index is 12.9. The van der Waals surface area contributed by atoms with E-state index in [-0.39, 0.29) is 11.9 Å². The van der Waals surface area contributed by atoms with Gasteiger partial charge in [-0.25, -0.2) is 0 Å². The number of rotatable bonds is 7. The van der Waals surface area contributed by atoms with Crippen molar-refractivity contribution in [3.63, 3.8) is 0 Å². The van der Waals surface area contributed by atoms with E-state index in [4.69, 9.17) is 9.47 Å². The molecule has 2 aliphatic rings. The first-order valence-corrected chi connectivity index (χ1v) is 11.3. The first-order valence-electron chi connectivity index (χ1n) is 11.3. The molecule has 1 N–H and O–H groups in total. The summed E-state index contributed by atoms with van der Waals surface area (Å²) in [5, 5.41) is 12.7. The zero-order valence-electron chi connectivity index (χ0n) is 19.4. The van der Waals surface area contributed by atoms with Gasteiger partial charge in [0.2, 0.25) is 5.91 Å². The van der Waals surface area contributed by atoms with Crippen LogP contribution in [0.4, 0.5) is 0 Å². The van der Waals surface area contributed by atoms with E-state index in [0.717, 1.165) is 76.3 Å². The molecule has 1 saturated carbocycles. The number of nitrogens with zero attached hydrogens (tertiary/aromatic N) is 3. The molecule has 1 aliphatic carbocycles. The highest BCUT2D eigenvalue weighted by Gasteiger charge is 2.36. The minimum Gasteiger partial charge on any atom is -0.493 e. The number of methoxy groups -OCH3 is 2. The van der Waals surface area contributed by atoms with Crippen LogP contribution in [-0.2, 0) is 11.3 Å².